The van der Waals surface area contributed by atoms with Gasteiger partial charge in [0.05, 0.1) is 35.2 Å². The number of aromatic nitrogens is 2. The lowest BCUT2D eigenvalue weighted by atomic mass is 10.0. The molecule has 0 saturated carbocycles. The minimum Gasteiger partial charge on any atom is -0.379 e. The molecule has 1 aliphatic heterocycles. The highest BCUT2D eigenvalue weighted by molar-refractivity contribution is 7.89. The van der Waals surface area contributed by atoms with Crippen LogP contribution in [0.4, 0.5) is 0 Å². The van der Waals surface area contributed by atoms with Crippen LogP contribution in [0.1, 0.15) is 36.1 Å². The third kappa shape index (κ3) is 4.48. The number of ether oxygens (including phenoxy) is 1. The fourth-order valence-electron chi connectivity index (χ4n) is 3.61. The van der Waals surface area contributed by atoms with Crippen molar-refractivity contribution in [2.24, 2.45) is 5.92 Å². The Morgan fingerprint density at radius 2 is 1.77 bits per heavy atom. The molecule has 8 nitrogen and oxygen atoms in total. The molecule has 0 radical (unpaired) electrons. The molecule has 1 fully saturated rings. The average Bonchev–Trinajstić information content (AvgIpc) is 3.21. The fraction of sp³-hybridized carbons (Fsp3) is 0.364. The lowest BCUT2D eigenvalue weighted by Crippen LogP contribution is -2.40. The van der Waals surface area contributed by atoms with E-state index in [4.69, 9.17) is 4.74 Å². The molecule has 9 heteroatoms. The molecule has 2 N–H and O–H groups in total. The second kappa shape index (κ2) is 8.78. The number of fused-ring (bicyclic) bond motifs is 1. The highest BCUT2D eigenvalue weighted by Crippen LogP contribution is 2.23. The summed E-state index contributed by atoms with van der Waals surface area (Å²) in [6.07, 6.45) is 0. The number of H-pyrrole nitrogens is 1. The number of nitrogens with zero attached hydrogens (tertiary/aromatic N) is 2. The van der Waals surface area contributed by atoms with E-state index in [9.17, 15) is 13.2 Å². The molecule has 164 valence electrons. The van der Waals surface area contributed by atoms with Crippen LogP contribution in [-0.2, 0) is 14.8 Å². The smallest absolute Gasteiger partial charge is 0.251 e. The maximum atomic E-state index is 12.9. The maximum absolute atomic E-state index is 12.9. The molecule has 1 aliphatic rings. The van der Waals surface area contributed by atoms with Crippen molar-refractivity contribution in [3.05, 3.63) is 59.9 Å². The molecule has 3 aromatic rings. The zero-order chi connectivity index (χ0) is 22.0. The molecule has 4 rings (SSSR count). The van der Waals surface area contributed by atoms with Crippen LogP contribution in [0.15, 0.2) is 53.4 Å². The number of nitrogens with one attached hydrogen (secondary N) is 2. The first kappa shape index (κ1) is 21.5. The van der Waals surface area contributed by atoms with Crippen molar-refractivity contribution in [3.8, 4) is 0 Å². The minimum absolute atomic E-state index is 0.102. The Bertz CT molecular complexity index is 1130. The van der Waals surface area contributed by atoms with Crippen LogP contribution < -0.4 is 5.32 Å². The molecular weight excluding hydrogens is 416 g/mol. The van der Waals surface area contributed by atoms with E-state index in [2.05, 4.69) is 15.3 Å². The second-order valence-electron chi connectivity index (χ2n) is 7.88. The lowest BCUT2D eigenvalue weighted by Gasteiger charge is -2.26. The Morgan fingerprint density at radius 3 is 2.42 bits per heavy atom. The number of hydrogen-bond donors (Lipinski definition) is 2. The van der Waals surface area contributed by atoms with Gasteiger partial charge in [-0.05, 0) is 42.3 Å². The molecule has 1 aromatic heterocycles. The van der Waals surface area contributed by atoms with E-state index in [1.165, 1.54) is 16.4 Å². The van der Waals surface area contributed by atoms with Gasteiger partial charge in [-0.2, -0.15) is 4.31 Å². The first-order valence-electron chi connectivity index (χ1n) is 10.3. The van der Waals surface area contributed by atoms with Gasteiger partial charge in [0.25, 0.3) is 5.91 Å². The summed E-state index contributed by atoms with van der Waals surface area (Å²) in [7, 11) is -3.59. The van der Waals surface area contributed by atoms with E-state index in [0.717, 1.165) is 11.0 Å². The first-order valence-corrected chi connectivity index (χ1v) is 11.7. The van der Waals surface area contributed by atoms with Gasteiger partial charge in [-0.15, -0.1) is 0 Å². The molecular formula is C22H26N4O4S. The monoisotopic (exact) mass is 442 g/mol. The van der Waals surface area contributed by atoms with Crippen LogP contribution in [-0.4, -0.2) is 54.9 Å². The number of para-hydroxylation sites is 2. The fourth-order valence-corrected chi connectivity index (χ4v) is 5.02. The van der Waals surface area contributed by atoms with Crippen molar-refractivity contribution < 1.29 is 17.9 Å². The SMILES string of the molecule is CC(C)[C@H](NC(=O)c1ccc(S(=O)(=O)N2CCOCC2)cc1)c1nc2ccccc2[nH]1. The second-order valence-corrected chi connectivity index (χ2v) is 9.81. The minimum atomic E-state index is -3.59. The van der Waals surface area contributed by atoms with Crippen molar-refractivity contribution in [1.82, 2.24) is 19.6 Å². The van der Waals surface area contributed by atoms with Crippen molar-refractivity contribution >= 4 is 27.0 Å². The van der Waals surface area contributed by atoms with Crippen molar-refractivity contribution in [1.29, 1.82) is 0 Å². The van der Waals surface area contributed by atoms with Gasteiger partial charge in [0.15, 0.2) is 0 Å². The third-order valence-electron chi connectivity index (χ3n) is 5.38. The number of amides is 1. The van der Waals surface area contributed by atoms with Crippen LogP contribution in [0.3, 0.4) is 0 Å². The highest BCUT2D eigenvalue weighted by atomic mass is 32.2. The largest absolute Gasteiger partial charge is 0.379 e. The van der Waals surface area contributed by atoms with Gasteiger partial charge >= 0.3 is 0 Å². The summed E-state index contributed by atoms with van der Waals surface area (Å²) in [6, 6.07) is 13.4. The number of imidazole rings is 1. The van der Waals surface area contributed by atoms with Gasteiger partial charge in [0.1, 0.15) is 5.82 Å². The highest BCUT2D eigenvalue weighted by Gasteiger charge is 2.27. The van der Waals surface area contributed by atoms with Crippen LogP contribution in [0.2, 0.25) is 0 Å². The van der Waals surface area contributed by atoms with Gasteiger partial charge in [-0.3, -0.25) is 4.79 Å². The number of aromatic amines is 1. The number of morpholine rings is 1. The van der Waals surface area contributed by atoms with Gasteiger partial charge in [-0.25, -0.2) is 13.4 Å². The van der Waals surface area contributed by atoms with Gasteiger partial charge < -0.3 is 15.0 Å². The Kier molecular flexibility index (Phi) is 6.08. The van der Waals surface area contributed by atoms with Gasteiger partial charge in [-0.1, -0.05) is 26.0 Å². The molecule has 2 aromatic carbocycles. The molecule has 0 bridgehead atoms. The number of rotatable bonds is 6. The Hall–Kier alpha value is -2.75. The van der Waals surface area contributed by atoms with E-state index in [1.807, 2.05) is 38.1 Å². The summed E-state index contributed by atoms with van der Waals surface area (Å²) in [5, 5.41) is 3.02. The standard InChI is InChI=1S/C22H26N4O4S/c1-15(2)20(21-23-18-5-3-4-6-19(18)24-21)25-22(27)16-7-9-17(10-8-16)31(28,29)26-11-13-30-14-12-26/h3-10,15,20H,11-14H2,1-2H3,(H,23,24)(H,25,27)/t20-/m0/s1. The van der Waals surface area contributed by atoms with Crippen LogP contribution in [0.25, 0.3) is 11.0 Å². The molecule has 2 heterocycles. The number of benzene rings is 2. The third-order valence-corrected chi connectivity index (χ3v) is 7.29. The van der Waals surface area contributed by atoms with E-state index >= 15 is 0 Å². The van der Waals surface area contributed by atoms with Gasteiger partial charge in [0.2, 0.25) is 10.0 Å². The van der Waals surface area contributed by atoms with Crippen molar-refractivity contribution in [3.63, 3.8) is 0 Å². The molecule has 1 amide bonds. The number of carbonyl (C=O) groups is 1. The summed E-state index contributed by atoms with van der Waals surface area (Å²) in [5.74, 6) is 0.510. The Morgan fingerprint density at radius 1 is 1.10 bits per heavy atom. The maximum Gasteiger partial charge on any atom is 0.251 e. The van der Waals surface area contributed by atoms with Crippen molar-refractivity contribution in [2.45, 2.75) is 24.8 Å². The molecule has 1 saturated heterocycles. The summed E-state index contributed by atoms with van der Waals surface area (Å²) in [4.78, 5) is 20.9. The number of carbonyl (C=O) groups excluding carboxylic acids is 1. The van der Waals surface area contributed by atoms with Gasteiger partial charge in [0, 0.05) is 18.7 Å². The lowest BCUT2D eigenvalue weighted by molar-refractivity contribution is 0.0730. The Balaban J connectivity index is 1.51. The molecule has 31 heavy (non-hydrogen) atoms. The molecule has 1 atom stereocenters. The summed E-state index contributed by atoms with van der Waals surface area (Å²) in [5.41, 5.74) is 2.15. The van der Waals surface area contributed by atoms with Crippen LogP contribution >= 0.6 is 0 Å². The van der Waals surface area contributed by atoms with E-state index in [0.29, 0.717) is 37.7 Å². The normalized spacial score (nSPS) is 16.5. The summed E-state index contributed by atoms with van der Waals surface area (Å²) in [6.45, 7) is 5.46. The zero-order valence-corrected chi connectivity index (χ0v) is 18.4. The zero-order valence-electron chi connectivity index (χ0n) is 17.5. The number of sulfonamides is 1. The predicted molar refractivity (Wildman–Crippen MR) is 117 cm³/mol. The van der Waals surface area contributed by atoms with E-state index < -0.39 is 10.0 Å². The average molecular weight is 443 g/mol. The quantitative estimate of drug-likeness (QED) is 0.611. The predicted octanol–water partition coefficient (Wildman–Crippen LogP) is 2.71. The van der Waals surface area contributed by atoms with Crippen LogP contribution in [0.5, 0.6) is 0 Å². The first-order chi connectivity index (χ1) is 14.9. The summed E-state index contributed by atoms with van der Waals surface area (Å²) >= 11 is 0. The van der Waals surface area contributed by atoms with Crippen LogP contribution in [0, 0.1) is 5.92 Å². The Labute approximate surface area is 181 Å². The van der Waals surface area contributed by atoms with Crippen molar-refractivity contribution in [2.75, 3.05) is 26.3 Å². The molecule has 0 unspecified atom stereocenters. The molecule has 0 spiro atoms. The number of hydrogen-bond acceptors (Lipinski definition) is 5. The van der Waals surface area contributed by atoms with E-state index in [1.54, 1.807) is 12.1 Å². The summed E-state index contributed by atoms with van der Waals surface area (Å²) < 4.78 is 32.2. The molecule has 0 aliphatic carbocycles. The van der Waals surface area contributed by atoms with E-state index in [-0.39, 0.29) is 22.8 Å². The topological polar surface area (TPSA) is 104 Å².